The smallest absolute Gasteiger partial charge is 0.185 e. The molecule has 0 aliphatic rings. The van der Waals surface area contributed by atoms with Crippen molar-refractivity contribution in [3.05, 3.63) is 65.2 Å². The fraction of sp³-hybridized carbons (Fsp3) is 0.158. The highest BCUT2D eigenvalue weighted by Gasteiger charge is 2.05. The van der Waals surface area contributed by atoms with Gasteiger partial charge in [0, 0.05) is 5.56 Å². The molecule has 2 aromatic carbocycles. The van der Waals surface area contributed by atoms with Gasteiger partial charge >= 0.3 is 0 Å². The van der Waals surface area contributed by atoms with Crippen LogP contribution in [0.15, 0.2) is 48.5 Å². The Kier molecular flexibility index (Phi) is 5.54. The molecular formula is C19H17NO3. The largest absolute Gasteiger partial charge is 0.493 e. The maximum atomic E-state index is 12.2. The third kappa shape index (κ3) is 4.21. The number of carbonyl (C=O) groups excluding carboxylic acids is 1. The van der Waals surface area contributed by atoms with Crippen molar-refractivity contribution >= 4 is 11.9 Å². The van der Waals surface area contributed by atoms with Crippen molar-refractivity contribution < 1.29 is 14.3 Å². The predicted octanol–water partition coefficient (Wildman–Crippen LogP) is 3.86. The standard InChI is InChI=1S/C19H17NO3/c1-3-23-18-10-8-14(12-19(18)22-2)7-9-17(21)16-6-4-5-15(11-16)13-20/h4-12H,3H2,1-2H3. The summed E-state index contributed by atoms with van der Waals surface area (Å²) in [6, 6.07) is 14.1. The van der Waals surface area contributed by atoms with E-state index in [2.05, 4.69) is 0 Å². The van der Waals surface area contributed by atoms with Gasteiger partial charge in [-0.3, -0.25) is 4.79 Å². The molecule has 4 heteroatoms. The van der Waals surface area contributed by atoms with Crippen molar-refractivity contribution in [2.75, 3.05) is 13.7 Å². The second kappa shape index (κ2) is 7.81. The molecule has 0 spiro atoms. The molecular weight excluding hydrogens is 290 g/mol. The first-order valence-electron chi connectivity index (χ1n) is 7.21. The van der Waals surface area contributed by atoms with Crippen LogP contribution in [0.25, 0.3) is 6.08 Å². The molecule has 2 aromatic rings. The minimum absolute atomic E-state index is 0.157. The minimum atomic E-state index is -0.157. The van der Waals surface area contributed by atoms with Crippen LogP contribution in [0.5, 0.6) is 11.5 Å². The molecule has 4 nitrogen and oxygen atoms in total. The molecule has 0 atom stereocenters. The summed E-state index contributed by atoms with van der Waals surface area (Å²) in [5, 5.41) is 8.87. The molecule has 0 saturated carbocycles. The molecule has 0 fully saturated rings. The van der Waals surface area contributed by atoms with Crippen LogP contribution >= 0.6 is 0 Å². The van der Waals surface area contributed by atoms with Crippen LogP contribution < -0.4 is 9.47 Å². The third-order valence-electron chi connectivity index (χ3n) is 3.19. The van der Waals surface area contributed by atoms with Crippen molar-refractivity contribution in [3.63, 3.8) is 0 Å². The van der Waals surface area contributed by atoms with Gasteiger partial charge < -0.3 is 9.47 Å². The quantitative estimate of drug-likeness (QED) is 0.600. The number of rotatable bonds is 6. The monoisotopic (exact) mass is 307 g/mol. The zero-order valence-electron chi connectivity index (χ0n) is 13.1. The van der Waals surface area contributed by atoms with Crippen LogP contribution in [0.3, 0.4) is 0 Å². The SMILES string of the molecule is CCOc1ccc(C=CC(=O)c2cccc(C#N)c2)cc1OC. The van der Waals surface area contributed by atoms with Crippen molar-refractivity contribution in [2.24, 2.45) is 0 Å². The average molecular weight is 307 g/mol. The van der Waals surface area contributed by atoms with E-state index in [9.17, 15) is 4.79 Å². The van der Waals surface area contributed by atoms with Crippen LogP contribution in [0.1, 0.15) is 28.4 Å². The van der Waals surface area contributed by atoms with Crippen LogP contribution in [-0.4, -0.2) is 19.5 Å². The van der Waals surface area contributed by atoms with E-state index in [0.29, 0.717) is 29.2 Å². The van der Waals surface area contributed by atoms with E-state index in [4.69, 9.17) is 14.7 Å². The summed E-state index contributed by atoms with van der Waals surface area (Å²) in [6.07, 6.45) is 3.19. The van der Waals surface area contributed by atoms with E-state index in [1.165, 1.54) is 6.08 Å². The van der Waals surface area contributed by atoms with E-state index in [1.54, 1.807) is 43.5 Å². The summed E-state index contributed by atoms with van der Waals surface area (Å²) in [4.78, 5) is 12.2. The van der Waals surface area contributed by atoms with Crippen LogP contribution in [0, 0.1) is 11.3 Å². The first-order valence-corrected chi connectivity index (χ1v) is 7.21. The van der Waals surface area contributed by atoms with E-state index >= 15 is 0 Å². The highest BCUT2D eigenvalue weighted by Crippen LogP contribution is 2.28. The molecule has 0 radical (unpaired) electrons. The van der Waals surface area contributed by atoms with E-state index < -0.39 is 0 Å². The van der Waals surface area contributed by atoms with Gasteiger partial charge in [0.2, 0.25) is 0 Å². The highest BCUT2D eigenvalue weighted by atomic mass is 16.5. The summed E-state index contributed by atoms with van der Waals surface area (Å²) in [7, 11) is 1.57. The summed E-state index contributed by atoms with van der Waals surface area (Å²) in [5.41, 5.74) is 1.78. The van der Waals surface area contributed by atoms with Gasteiger partial charge in [-0.25, -0.2) is 0 Å². The lowest BCUT2D eigenvalue weighted by atomic mass is 10.1. The van der Waals surface area contributed by atoms with Crippen molar-refractivity contribution in [1.82, 2.24) is 0 Å². The number of benzene rings is 2. The van der Waals surface area contributed by atoms with Gasteiger partial charge in [-0.1, -0.05) is 24.3 Å². The number of nitriles is 1. The number of ether oxygens (including phenoxy) is 2. The number of methoxy groups -OCH3 is 1. The van der Waals surface area contributed by atoms with Crippen LogP contribution in [-0.2, 0) is 0 Å². The van der Waals surface area contributed by atoms with Crippen LogP contribution in [0.4, 0.5) is 0 Å². The number of nitrogens with zero attached hydrogens (tertiary/aromatic N) is 1. The summed E-state index contributed by atoms with van der Waals surface area (Å²) in [5.74, 6) is 1.13. The average Bonchev–Trinajstić information content (AvgIpc) is 2.60. The zero-order chi connectivity index (χ0) is 16.7. The Balaban J connectivity index is 2.19. The topological polar surface area (TPSA) is 59.3 Å². The Labute approximate surface area is 135 Å². The number of allylic oxidation sites excluding steroid dienone is 1. The Bertz CT molecular complexity index is 772. The van der Waals surface area contributed by atoms with E-state index in [0.717, 1.165) is 5.56 Å². The zero-order valence-corrected chi connectivity index (χ0v) is 13.1. The van der Waals surface area contributed by atoms with Crippen molar-refractivity contribution in [3.8, 4) is 17.6 Å². The third-order valence-corrected chi connectivity index (χ3v) is 3.19. The molecule has 0 aliphatic carbocycles. The number of hydrogen-bond acceptors (Lipinski definition) is 4. The number of ketones is 1. The van der Waals surface area contributed by atoms with Gasteiger partial charge in [-0.05, 0) is 42.8 Å². The molecule has 0 amide bonds. The van der Waals surface area contributed by atoms with E-state index in [-0.39, 0.29) is 5.78 Å². The van der Waals surface area contributed by atoms with Gasteiger partial charge in [-0.2, -0.15) is 5.26 Å². The van der Waals surface area contributed by atoms with Gasteiger partial charge in [0.05, 0.1) is 25.3 Å². The second-order valence-corrected chi connectivity index (χ2v) is 4.73. The molecule has 0 aromatic heterocycles. The number of hydrogen-bond donors (Lipinski definition) is 0. The Morgan fingerprint density at radius 3 is 2.74 bits per heavy atom. The van der Waals surface area contributed by atoms with E-state index in [1.807, 2.05) is 25.1 Å². The molecule has 0 bridgehead atoms. The lowest BCUT2D eigenvalue weighted by Gasteiger charge is -2.09. The second-order valence-electron chi connectivity index (χ2n) is 4.73. The lowest BCUT2D eigenvalue weighted by Crippen LogP contribution is -1.96. The predicted molar refractivity (Wildman–Crippen MR) is 88.7 cm³/mol. The molecule has 0 heterocycles. The number of carbonyl (C=O) groups is 1. The molecule has 0 N–H and O–H groups in total. The Hall–Kier alpha value is -3.06. The van der Waals surface area contributed by atoms with Crippen molar-refractivity contribution in [2.45, 2.75) is 6.92 Å². The molecule has 23 heavy (non-hydrogen) atoms. The van der Waals surface area contributed by atoms with Crippen LogP contribution in [0.2, 0.25) is 0 Å². The minimum Gasteiger partial charge on any atom is -0.493 e. The van der Waals surface area contributed by atoms with Gasteiger partial charge in [0.1, 0.15) is 0 Å². The maximum absolute atomic E-state index is 12.2. The summed E-state index contributed by atoms with van der Waals surface area (Å²) in [6.45, 7) is 2.46. The normalized spacial score (nSPS) is 10.3. The molecule has 0 aliphatic heterocycles. The summed E-state index contributed by atoms with van der Waals surface area (Å²) >= 11 is 0. The summed E-state index contributed by atoms with van der Waals surface area (Å²) < 4.78 is 10.7. The van der Waals surface area contributed by atoms with Gasteiger partial charge in [-0.15, -0.1) is 0 Å². The first kappa shape index (κ1) is 16.3. The maximum Gasteiger partial charge on any atom is 0.185 e. The van der Waals surface area contributed by atoms with Gasteiger partial charge in [0.25, 0.3) is 0 Å². The molecule has 0 saturated heterocycles. The fourth-order valence-electron chi connectivity index (χ4n) is 2.07. The van der Waals surface area contributed by atoms with Crippen molar-refractivity contribution in [1.29, 1.82) is 5.26 Å². The Morgan fingerprint density at radius 1 is 1.22 bits per heavy atom. The highest BCUT2D eigenvalue weighted by molar-refractivity contribution is 6.07. The molecule has 0 unspecified atom stereocenters. The first-order chi connectivity index (χ1) is 11.2. The fourth-order valence-corrected chi connectivity index (χ4v) is 2.07. The van der Waals surface area contributed by atoms with Gasteiger partial charge in [0.15, 0.2) is 17.3 Å². The Morgan fingerprint density at radius 2 is 2.04 bits per heavy atom. The molecule has 116 valence electrons. The lowest BCUT2D eigenvalue weighted by molar-refractivity contribution is 0.104. The molecule has 2 rings (SSSR count).